The van der Waals surface area contributed by atoms with E-state index in [-0.39, 0.29) is 5.92 Å². The Morgan fingerprint density at radius 3 is 2.81 bits per heavy atom. The van der Waals surface area contributed by atoms with Crippen LogP contribution in [-0.2, 0) is 12.8 Å². The lowest BCUT2D eigenvalue weighted by Gasteiger charge is -2.29. The van der Waals surface area contributed by atoms with Gasteiger partial charge in [-0.1, -0.05) is 47.5 Å². The molecule has 0 bridgehead atoms. The first-order chi connectivity index (χ1) is 10.1. The zero-order chi connectivity index (χ0) is 14.8. The third-order valence-corrected chi connectivity index (χ3v) is 4.48. The number of aliphatic hydroxyl groups excluding tert-OH is 1. The molecule has 0 saturated heterocycles. The first kappa shape index (κ1) is 14.7. The van der Waals surface area contributed by atoms with Crippen molar-refractivity contribution in [1.29, 1.82) is 0 Å². The van der Waals surface area contributed by atoms with Crippen LogP contribution in [0, 0.1) is 5.92 Å². The van der Waals surface area contributed by atoms with Crippen molar-refractivity contribution in [1.82, 2.24) is 0 Å². The van der Waals surface area contributed by atoms with Crippen LogP contribution in [0.3, 0.4) is 0 Å². The van der Waals surface area contributed by atoms with Crippen molar-refractivity contribution in [2.75, 3.05) is 6.61 Å². The van der Waals surface area contributed by atoms with Gasteiger partial charge in [-0.2, -0.15) is 0 Å². The van der Waals surface area contributed by atoms with Crippen LogP contribution in [0.25, 0.3) is 0 Å². The van der Waals surface area contributed by atoms with Crippen molar-refractivity contribution in [2.24, 2.45) is 5.92 Å². The lowest BCUT2D eigenvalue weighted by molar-refractivity contribution is 0.0652. The summed E-state index contributed by atoms with van der Waals surface area (Å²) in [4.78, 5) is 0. The molecular weight excluding hydrogens is 307 g/mol. The SMILES string of the molecule is OC(Cc1ccc(Cl)cc1Cl)C1COc2ccccc2C1. The standard InChI is InChI=1S/C17H16Cl2O2/c18-14-6-5-11(15(19)9-14)8-16(20)13-7-12-3-1-2-4-17(12)21-10-13/h1-6,9,13,16,20H,7-8,10H2. The number of aliphatic hydroxyl groups is 1. The van der Waals surface area contributed by atoms with Crippen molar-refractivity contribution in [3.8, 4) is 5.75 Å². The number of ether oxygens (including phenoxy) is 1. The van der Waals surface area contributed by atoms with Gasteiger partial charge in [-0.3, -0.25) is 0 Å². The summed E-state index contributed by atoms with van der Waals surface area (Å²) in [6.07, 6.45) is 0.839. The van der Waals surface area contributed by atoms with Crippen molar-refractivity contribution in [2.45, 2.75) is 18.9 Å². The predicted molar refractivity (Wildman–Crippen MR) is 85.3 cm³/mol. The minimum absolute atomic E-state index is 0.0756. The molecule has 4 heteroatoms. The molecule has 0 amide bonds. The van der Waals surface area contributed by atoms with E-state index in [1.54, 1.807) is 12.1 Å². The van der Waals surface area contributed by atoms with Gasteiger partial charge in [0.1, 0.15) is 5.75 Å². The first-order valence-electron chi connectivity index (χ1n) is 6.96. The van der Waals surface area contributed by atoms with E-state index in [9.17, 15) is 5.11 Å². The van der Waals surface area contributed by atoms with Crippen LogP contribution in [-0.4, -0.2) is 17.8 Å². The van der Waals surface area contributed by atoms with Crippen LogP contribution < -0.4 is 4.74 Å². The molecule has 2 unspecified atom stereocenters. The second kappa shape index (κ2) is 6.27. The second-order valence-corrected chi connectivity index (χ2v) is 6.23. The van der Waals surface area contributed by atoms with Gasteiger partial charge in [0.2, 0.25) is 0 Å². The van der Waals surface area contributed by atoms with E-state index in [1.165, 1.54) is 0 Å². The highest BCUT2D eigenvalue weighted by Gasteiger charge is 2.26. The van der Waals surface area contributed by atoms with Crippen LogP contribution in [0.4, 0.5) is 0 Å². The smallest absolute Gasteiger partial charge is 0.122 e. The molecule has 1 aliphatic heterocycles. The minimum Gasteiger partial charge on any atom is -0.493 e. The van der Waals surface area contributed by atoms with Gasteiger partial charge < -0.3 is 9.84 Å². The van der Waals surface area contributed by atoms with Crippen molar-refractivity contribution >= 4 is 23.2 Å². The molecule has 0 aliphatic carbocycles. The molecule has 3 rings (SSSR count). The zero-order valence-electron chi connectivity index (χ0n) is 11.4. The van der Waals surface area contributed by atoms with Gasteiger partial charge >= 0.3 is 0 Å². The summed E-state index contributed by atoms with van der Waals surface area (Å²) >= 11 is 12.1. The monoisotopic (exact) mass is 322 g/mol. The van der Waals surface area contributed by atoms with Gasteiger partial charge in [-0.15, -0.1) is 0 Å². The maximum absolute atomic E-state index is 10.5. The van der Waals surface area contributed by atoms with Gasteiger partial charge in [-0.25, -0.2) is 0 Å². The lowest BCUT2D eigenvalue weighted by Crippen LogP contribution is -2.33. The third-order valence-electron chi connectivity index (χ3n) is 3.90. The number of rotatable bonds is 3. The molecule has 0 saturated carbocycles. The Bertz CT molecular complexity index is 642. The fraction of sp³-hybridized carbons (Fsp3) is 0.294. The highest BCUT2D eigenvalue weighted by Crippen LogP contribution is 2.30. The number of hydrogen-bond donors (Lipinski definition) is 1. The fourth-order valence-corrected chi connectivity index (χ4v) is 3.16. The molecule has 110 valence electrons. The number of halogens is 2. The Morgan fingerprint density at radius 2 is 2.00 bits per heavy atom. The number of benzene rings is 2. The van der Waals surface area contributed by atoms with E-state index >= 15 is 0 Å². The van der Waals surface area contributed by atoms with E-state index in [2.05, 4.69) is 0 Å². The van der Waals surface area contributed by atoms with Crippen molar-refractivity contribution in [3.05, 3.63) is 63.6 Å². The molecule has 1 heterocycles. The minimum atomic E-state index is -0.489. The Morgan fingerprint density at radius 1 is 1.19 bits per heavy atom. The summed E-state index contributed by atoms with van der Waals surface area (Å²) in [6.45, 7) is 0.531. The molecule has 2 atom stereocenters. The number of fused-ring (bicyclic) bond motifs is 1. The Labute approximate surface area is 134 Å². The summed E-state index contributed by atoms with van der Waals surface area (Å²) in [5, 5.41) is 11.7. The van der Waals surface area contributed by atoms with E-state index in [1.807, 2.05) is 30.3 Å². The normalized spacial score (nSPS) is 18.7. The highest BCUT2D eigenvalue weighted by molar-refractivity contribution is 6.35. The summed E-state index contributed by atoms with van der Waals surface area (Å²) in [6, 6.07) is 13.3. The van der Waals surface area contributed by atoms with Gasteiger partial charge in [0.15, 0.2) is 0 Å². The topological polar surface area (TPSA) is 29.5 Å². The van der Waals surface area contributed by atoms with Crippen molar-refractivity contribution in [3.63, 3.8) is 0 Å². The number of para-hydroxylation sites is 1. The largest absolute Gasteiger partial charge is 0.493 e. The van der Waals surface area contributed by atoms with Crippen molar-refractivity contribution < 1.29 is 9.84 Å². The molecule has 0 radical (unpaired) electrons. The third kappa shape index (κ3) is 3.34. The van der Waals surface area contributed by atoms with E-state index in [0.717, 1.165) is 23.3 Å². The Kier molecular flexibility index (Phi) is 4.39. The summed E-state index contributed by atoms with van der Waals surface area (Å²) < 4.78 is 5.73. The number of hydrogen-bond acceptors (Lipinski definition) is 2. The molecule has 21 heavy (non-hydrogen) atoms. The van der Waals surface area contributed by atoms with Crippen LogP contribution >= 0.6 is 23.2 Å². The molecule has 2 nitrogen and oxygen atoms in total. The molecular formula is C17H16Cl2O2. The lowest BCUT2D eigenvalue weighted by atomic mass is 9.89. The molecule has 0 aromatic heterocycles. The van der Waals surface area contributed by atoms with Gasteiger partial charge in [0.05, 0.1) is 12.7 Å². The summed E-state index contributed by atoms with van der Waals surface area (Å²) in [5.74, 6) is 0.997. The Hall–Kier alpha value is -1.22. The van der Waals surface area contributed by atoms with E-state index in [0.29, 0.717) is 23.1 Å². The summed E-state index contributed by atoms with van der Waals surface area (Å²) in [7, 11) is 0. The van der Waals surface area contributed by atoms with Crippen LogP contribution in [0.1, 0.15) is 11.1 Å². The van der Waals surface area contributed by atoms with Crippen LogP contribution in [0.5, 0.6) is 5.75 Å². The molecule has 2 aromatic carbocycles. The van der Waals surface area contributed by atoms with Gasteiger partial charge in [-0.05, 0) is 35.7 Å². The van der Waals surface area contributed by atoms with E-state index in [4.69, 9.17) is 27.9 Å². The average Bonchev–Trinajstić information content (AvgIpc) is 2.49. The quantitative estimate of drug-likeness (QED) is 0.919. The van der Waals surface area contributed by atoms with E-state index < -0.39 is 6.10 Å². The van der Waals surface area contributed by atoms with Gasteiger partial charge in [0, 0.05) is 22.4 Å². The molecule has 1 N–H and O–H groups in total. The molecule has 0 spiro atoms. The summed E-state index contributed by atoms with van der Waals surface area (Å²) in [5.41, 5.74) is 2.06. The maximum Gasteiger partial charge on any atom is 0.122 e. The second-order valence-electron chi connectivity index (χ2n) is 5.39. The first-order valence-corrected chi connectivity index (χ1v) is 7.72. The van der Waals surface area contributed by atoms with Crippen LogP contribution in [0.2, 0.25) is 10.0 Å². The Balaban J connectivity index is 1.70. The highest BCUT2D eigenvalue weighted by atomic mass is 35.5. The van der Waals surface area contributed by atoms with Crippen LogP contribution in [0.15, 0.2) is 42.5 Å². The molecule has 1 aliphatic rings. The molecule has 0 fully saturated rings. The van der Waals surface area contributed by atoms with Gasteiger partial charge in [0.25, 0.3) is 0 Å². The average molecular weight is 323 g/mol. The maximum atomic E-state index is 10.5. The zero-order valence-corrected chi connectivity index (χ0v) is 12.9. The molecule has 2 aromatic rings. The fourth-order valence-electron chi connectivity index (χ4n) is 2.68. The predicted octanol–water partition coefficient (Wildman–Crippen LogP) is 4.15.